The molecule has 0 unspecified atom stereocenters. The highest BCUT2D eigenvalue weighted by Gasteiger charge is 2.23. The lowest BCUT2D eigenvalue weighted by atomic mass is 10.3. The molecule has 1 aromatic rings. The molecule has 104 valence electrons. The molecule has 0 aliphatic carbocycles. The first-order valence-electron chi connectivity index (χ1n) is 6.06. The molecule has 2 rings (SSSR count). The number of morpholine rings is 1. The Morgan fingerprint density at radius 1 is 1.32 bits per heavy atom. The minimum atomic E-state index is -0.997. The predicted octanol–water partition coefficient (Wildman–Crippen LogP) is 1.59. The van der Waals surface area contributed by atoms with Crippen LogP contribution in [0.5, 0.6) is 5.75 Å². The molecule has 0 aromatic heterocycles. The number of halogens is 2. The molecule has 1 amide bonds. The molecular formula is C13H15F2NO3. The smallest absolute Gasteiger partial charge is 0.263 e. The first-order chi connectivity index (χ1) is 9.08. The van der Waals surface area contributed by atoms with E-state index in [1.54, 1.807) is 11.8 Å². The Hall–Kier alpha value is -1.69. The second kappa shape index (κ2) is 5.97. The summed E-state index contributed by atoms with van der Waals surface area (Å²) in [6.45, 7) is 3.63. The van der Waals surface area contributed by atoms with Crippen molar-refractivity contribution in [1.29, 1.82) is 0 Å². The highest BCUT2D eigenvalue weighted by atomic mass is 19.2. The second-order valence-electron chi connectivity index (χ2n) is 4.27. The fraction of sp³-hybridized carbons (Fsp3) is 0.462. The monoisotopic (exact) mass is 271 g/mol. The summed E-state index contributed by atoms with van der Waals surface area (Å²) in [7, 11) is 0. The highest BCUT2D eigenvalue weighted by Crippen LogP contribution is 2.17. The van der Waals surface area contributed by atoms with Crippen LogP contribution in [0.3, 0.4) is 0 Å². The standard InChI is InChI=1S/C13H15F2NO3/c1-9(13(17)16-4-6-18-7-5-16)19-10-2-3-11(14)12(15)8-10/h2-3,8-9H,4-7H2,1H3/t9-/m0/s1. The second-order valence-corrected chi connectivity index (χ2v) is 4.27. The van der Waals surface area contributed by atoms with Crippen LogP contribution in [-0.4, -0.2) is 43.2 Å². The maximum absolute atomic E-state index is 13.0. The van der Waals surface area contributed by atoms with Crippen molar-refractivity contribution in [3.63, 3.8) is 0 Å². The first kappa shape index (κ1) is 13.7. The van der Waals surface area contributed by atoms with Gasteiger partial charge < -0.3 is 14.4 Å². The van der Waals surface area contributed by atoms with E-state index in [1.807, 2.05) is 0 Å². The molecule has 0 spiro atoms. The molecule has 1 aromatic carbocycles. The lowest BCUT2D eigenvalue weighted by Gasteiger charge is -2.29. The van der Waals surface area contributed by atoms with Gasteiger partial charge in [0.15, 0.2) is 17.7 Å². The van der Waals surface area contributed by atoms with E-state index in [4.69, 9.17) is 9.47 Å². The zero-order valence-corrected chi connectivity index (χ0v) is 10.6. The van der Waals surface area contributed by atoms with Crippen LogP contribution in [0.15, 0.2) is 18.2 Å². The number of nitrogens with zero attached hydrogens (tertiary/aromatic N) is 1. The van der Waals surface area contributed by atoms with Crippen LogP contribution in [0.2, 0.25) is 0 Å². The summed E-state index contributed by atoms with van der Waals surface area (Å²) in [4.78, 5) is 13.7. The van der Waals surface area contributed by atoms with Crippen LogP contribution < -0.4 is 4.74 Å². The van der Waals surface area contributed by atoms with Crippen LogP contribution in [0.25, 0.3) is 0 Å². The maximum Gasteiger partial charge on any atom is 0.263 e. The molecule has 1 fully saturated rings. The Balaban J connectivity index is 1.97. The number of hydrogen-bond acceptors (Lipinski definition) is 3. The molecule has 1 saturated heterocycles. The summed E-state index contributed by atoms with van der Waals surface area (Å²) >= 11 is 0. The van der Waals surface area contributed by atoms with E-state index in [0.717, 1.165) is 12.1 Å². The van der Waals surface area contributed by atoms with Gasteiger partial charge in [0.05, 0.1) is 13.2 Å². The summed E-state index contributed by atoms with van der Waals surface area (Å²) in [6.07, 6.45) is -0.747. The minimum Gasteiger partial charge on any atom is -0.481 e. The lowest BCUT2D eigenvalue weighted by Crippen LogP contribution is -2.46. The summed E-state index contributed by atoms with van der Waals surface area (Å²) < 4.78 is 36.3. The van der Waals surface area contributed by atoms with E-state index >= 15 is 0 Å². The van der Waals surface area contributed by atoms with Crippen LogP contribution in [0.1, 0.15) is 6.92 Å². The first-order valence-corrected chi connectivity index (χ1v) is 6.06. The summed E-state index contributed by atoms with van der Waals surface area (Å²) in [6, 6.07) is 3.19. The van der Waals surface area contributed by atoms with E-state index in [2.05, 4.69) is 0 Å². The van der Waals surface area contributed by atoms with E-state index < -0.39 is 17.7 Å². The molecule has 4 nitrogen and oxygen atoms in total. The van der Waals surface area contributed by atoms with Gasteiger partial charge in [-0.2, -0.15) is 0 Å². The molecule has 19 heavy (non-hydrogen) atoms. The van der Waals surface area contributed by atoms with Crippen molar-refractivity contribution in [3.05, 3.63) is 29.8 Å². The Labute approximate surface area is 109 Å². The average molecular weight is 271 g/mol. The number of hydrogen-bond donors (Lipinski definition) is 0. The summed E-state index contributed by atoms with van der Waals surface area (Å²) in [5.41, 5.74) is 0. The molecule has 1 heterocycles. The highest BCUT2D eigenvalue weighted by molar-refractivity contribution is 5.81. The molecule has 6 heteroatoms. The zero-order valence-electron chi connectivity index (χ0n) is 10.6. The number of carbonyl (C=O) groups is 1. The van der Waals surface area contributed by atoms with Gasteiger partial charge in [0.1, 0.15) is 5.75 Å². The van der Waals surface area contributed by atoms with Gasteiger partial charge in [-0.1, -0.05) is 0 Å². The SMILES string of the molecule is C[C@H](Oc1ccc(F)c(F)c1)C(=O)N1CCOCC1. The normalized spacial score (nSPS) is 17.1. The number of benzene rings is 1. The van der Waals surface area contributed by atoms with Crippen molar-refractivity contribution >= 4 is 5.91 Å². The molecule has 0 saturated carbocycles. The van der Waals surface area contributed by atoms with Gasteiger partial charge in [-0.3, -0.25) is 4.79 Å². The van der Waals surface area contributed by atoms with E-state index in [-0.39, 0.29) is 11.7 Å². The van der Waals surface area contributed by atoms with Gasteiger partial charge in [-0.05, 0) is 19.1 Å². The van der Waals surface area contributed by atoms with Crippen molar-refractivity contribution in [2.75, 3.05) is 26.3 Å². The molecule has 1 aliphatic heterocycles. The van der Waals surface area contributed by atoms with Crippen LogP contribution in [-0.2, 0) is 9.53 Å². The van der Waals surface area contributed by atoms with Gasteiger partial charge >= 0.3 is 0 Å². The van der Waals surface area contributed by atoms with E-state index in [9.17, 15) is 13.6 Å². The topological polar surface area (TPSA) is 38.8 Å². The lowest BCUT2D eigenvalue weighted by molar-refractivity contribution is -0.142. The van der Waals surface area contributed by atoms with Gasteiger partial charge in [0.2, 0.25) is 0 Å². The quantitative estimate of drug-likeness (QED) is 0.838. The average Bonchev–Trinajstić information content (AvgIpc) is 2.43. The zero-order chi connectivity index (χ0) is 13.8. The maximum atomic E-state index is 13.0. The van der Waals surface area contributed by atoms with Crippen LogP contribution >= 0.6 is 0 Å². The fourth-order valence-electron chi connectivity index (χ4n) is 1.85. The van der Waals surface area contributed by atoms with Crippen molar-refractivity contribution in [2.24, 2.45) is 0 Å². The number of ether oxygens (including phenoxy) is 2. The van der Waals surface area contributed by atoms with Gasteiger partial charge in [0.25, 0.3) is 5.91 Å². The largest absolute Gasteiger partial charge is 0.481 e. The fourth-order valence-corrected chi connectivity index (χ4v) is 1.85. The summed E-state index contributed by atoms with van der Waals surface area (Å²) in [5.74, 6) is -2.00. The Morgan fingerprint density at radius 2 is 2.00 bits per heavy atom. The van der Waals surface area contributed by atoms with Gasteiger partial charge in [-0.15, -0.1) is 0 Å². The van der Waals surface area contributed by atoms with Gasteiger partial charge in [0, 0.05) is 19.2 Å². The molecule has 0 N–H and O–H groups in total. The molecule has 1 atom stereocenters. The number of rotatable bonds is 3. The Bertz CT molecular complexity index is 461. The third kappa shape index (κ3) is 3.41. The molecular weight excluding hydrogens is 256 g/mol. The van der Waals surface area contributed by atoms with E-state index in [1.165, 1.54) is 6.07 Å². The Kier molecular flexibility index (Phi) is 4.31. The summed E-state index contributed by atoms with van der Waals surface area (Å²) in [5, 5.41) is 0. The van der Waals surface area contributed by atoms with Crippen molar-refractivity contribution in [3.8, 4) is 5.75 Å². The van der Waals surface area contributed by atoms with Crippen molar-refractivity contribution in [2.45, 2.75) is 13.0 Å². The molecule has 0 radical (unpaired) electrons. The number of amides is 1. The van der Waals surface area contributed by atoms with Gasteiger partial charge in [-0.25, -0.2) is 8.78 Å². The predicted molar refractivity (Wildman–Crippen MR) is 63.8 cm³/mol. The molecule has 1 aliphatic rings. The Morgan fingerprint density at radius 3 is 2.63 bits per heavy atom. The third-order valence-corrected chi connectivity index (χ3v) is 2.87. The van der Waals surface area contributed by atoms with Crippen LogP contribution in [0, 0.1) is 11.6 Å². The van der Waals surface area contributed by atoms with Crippen molar-refractivity contribution < 1.29 is 23.0 Å². The molecule has 0 bridgehead atoms. The minimum absolute atomic E-state index is 0.132. The van der Waals surface area contributed by atoms with E-state index in [0.29, 0.717) is 26.3 Å². The third-order valence-electron chi connectivity index (χ3n) is 2.87. The van der Waals surface area contributed by atoms with Crippen molar-refractivity contribution in [1.82, 2.24) is 4.90 Å². The van der Waals surface area contributed by atoms with Crippen LogP contribution in [0.4, 0.5) is 8.78 Å². The number of carbonyl (C=O) groups excluding carboxylic acids is 1.